The lowest BCUT2D eigenvalue weighted by Crippen LogP contribution is -2.33. The maximum atomic E-state index is 15.4. The number of ether oxygens (including phenoxy) is 1. The molecule has 0 N–H and O–H groups in total. The maximum absolute atomic E-state index is 15.4. The summed E-state index contributed by atoms with van der Waals surface area (Å²) in [6, 6.07) is 9.99. The lowest BCUT2D eigenvalue weighted by Gasteiger charge is -2.28. The molecule has 2 aliphatic rings. The summed E-state index contributed by atoms with van der Waals surface area (Å²) in [5.41, 5.74) is 3.04. The van der Waals surface area contributed by atoms with Gasteiger partial charge in [-0.3, -0.25) is 4.31 Å². The van der Waals surface area contributed by atoms with Crippen molar-refractivity contribution in [2.24, 2.45) is 0 Å². The Morgan fingerprint density at radius 1 is 0.860 bits per heavy atom. The minimum absolute atomic E-state index is 0.00702. The second-order valence-electron chi connectivity index (χ2n) is 14.3. The van der Waals surface area contributed by atoms with Gasteiger partial charge >= 0.3 is 0 Å². The number of rotatable bonds is 24. The van der Waals surface area contributed by atoms with Gasteiger partial charge in [0, 0.05) is 43.7 Å². The number of unbranched alkanes of at least 4 members (excludes halogenated alkanes) is 13. The summed E-state index contributed by atoms with van der Waals surface area (Å²) in [7, 11) is -4.01. The highest BCUT2D eigenvalue weighted by molar-refractivity contribution is 7.92. The van der Waals surface area contributed by atoms with Crippen molar-refractivity contribution >= 4 is 15.7 Å². The van der Waals surface area contributed by atoms with E-state index in [1.54, 1.807) is 6.07 Å². The van der Waals surface area contributed by atoms with Crippen LogP contribution in [0, 0.1) is 12.7 Å². The molecule has 0 spiro atoms. The molecule has 4 rings (SSSR count). The van der Waals surface area contributed by atoms with E-state index in [2.05, 4.69) is 17.9 Å². The number of benzene rings is 2. The number of allylic oxidation sites excluding steroid dienone is 2. The van der Waals surface area contributed by atoms with Gasteiger partial charge in [-0.25, -0.2) is 21.6 Å². The Morgan fingerprint density at radius 2 is 1.54 bits per heavy atom. The predicted octanol–water partition coefficient (Wildman–Crippen LogP) is 11.7. The summed E-state index contributed by atoms with van der Waals surface area (Å²) >= 11 is 0. The molecule has 2 heterocycles. The van der Waals surface area contributed by atoms with Crippen molar-refractivity contribution in [3.05, 3.63) is 65.1 Å². The normalized spacial score (nSPS) is 16.2. The van der Waals surface area contributed by atoms with E-state index in [1.165, 1.54) is 42.1 Å². The third-order valence-electron chi connectivity index (χ3n) is 10.3. The van der Waals surface area contributed by atoms with Gasteiger partial charge in [0.25, 0.3) is 10.0 Å². The van der Waals surface area contributed by atoms with Crippen molar-refractivity contribution < 1.29 is 26.3 Å². The van der Waals surface area contributed by atoms with Crippen molar-refractivity contribution in [1.29, 1.82) is 0 Å². The minimum Gasteiger partial charge on any atom is -0.494 e. The quantitative estimate of drug-likeness (QED) is 0.101. The summed E-state index contributed by atoms with van der Waals surface area (Å²) < 4.78 is 76.8. The van der Waals surface area contributed by atoms with Crippen molar-refractivity contribution in [2.45, 2.75) is 153 Å². The first-order valence-electron chi connectivity index (χ1n) is 19.5. The van der Waals surface area contributed by atoms with E-state index in [4.69, 9.17) is 4.74 Å². The molecule has 1 unspecified atom stereocenters. The molecule has 2 aromatic rings. The molecular formula is C41H61F3N2O3S. The van der Waals surface area contributed by atoms with E-state index in [0.29, 0.717) is 36.6 Å². The summed E-state index contributed by atoms with van der Waals surface area (Å²) in [6.45, 7) is 6.84. The Kier molecular flexibility index (Phi) is 16.8. The van der Waals surface area contributed by atoms with E-state index >= 15 is 4.39 Å². The highest BCUT2D eigenvalue weighted by Gasteiger charge is 2.34. The van der Waals surface area contributed by atoms with Crippen LogP contribution < -0.4 is 9.04 Å². The van der Waals surface area contributed by atoms with Crippen LogP contribution >= 0.6 is 0 Å². The van der Waals surface area contributed by atoms with Gasteiger partial charge in [0.2, 0.25) is 6.43 Å². The summed E-state index contributed by atoms with van der Waals surface area (Å²) in [4.78, 5) is 2.45. The van der Waals surface area contributed by atoms with Gasteiger partial charge < -0.3 is 9.64 Å². The number of aryl methyl sites for hydroxylation is 1. The molecule has 280 valence electrons. The lowest BCUT2D eigenvalue weighted by molar-refractivity contribution is 0.133. The Morgan fingerprint density at radius 3 is 2.26 bits per heavy atom. The molecule has 1 atom stereocenters. The number of fused-ring (bicyclic) bond motifs is 1. The highest BCUT2D eigenvalue weighted by Crippen LogP contribution is 2.41. The Balaban J connectivity index is 1.46. The number of hydrogen-bond donors (Lipinski definition) is 0. The summed E-state index contributed by atoms with van der Waals surface area (Å²) in [5, 5.41) is 0. The van der Waals surface area contributed by atoms with E-state index in [1.807, 2.05) is 25.1 Å². The number of hydrogen-bond acceptors (Lipinski definition) is 4. The highest BCUT2D eigenvalue weighted by atomic mass is 32.2. The molecule has 0 aliphatic carbocycles. The average Bonchev–Trinajstić information content (AvgIpc) is 3.53. The van der Waals surface area contributed by atoms with Gasteiger partial charge in [-0.05, 0) is 80.8 Å². The number of sulfonamides is 1. The van der Waals surface area contributed by atoms with Gasteiger partial charge in [-0.15, -0.1) is 0 Å². The van der Waals surface area contributed by atoms with Gasteiger partial charge in [0.05, 0.1) is 17.2 Å². The van der Waals surface area contributed by atoms with Crippen molar-refractivity contribution in [1.82, 2.24) is 4.90 Å². The van der Waals surface area contributed by atoms with Crippen LogP contribution in [0.5, 0.6) is 5.75 Å². The molecule has 0 aromatic heterocycles. The first-order chi connectivity index (χ1) is 24.2. The molecule has 1 fully saturated rings. The molecule has 0 amide bonds. The zero-order valence-corrected chi connectivity index (χ0v) is 31.4. The SMILES string of the molecule is CCCCCCCCCCN(c1cc(OCCCCCCCCCC(F)F)ccc1C)S(=O)(=O)c1ccc(F)c(C2CCN3CCCC=C23)c1. The fourth-order valence-electron chi connectivity index (χ4n) is 7.40. The maximum Gasteiger partial charge on any atom is 0.264 e. The van der Waals surface area contributed by atoms with Crippen LogP contribution in [0.1, 0.15) is 146 Å². The largest absolute Gasteiger partial charge is 0.494 e. The molecule has 2 aliphatic heterocycles. The third-order valence-corrected chi connectivity index (χ3v) is 12.1. The number of anilines is 1. The van der Waals surface area contributed by atoms with E-state index in [-0.39, 0.29) is 23.1 Å². The fraction of sp³-hybridized carbons (Fsp3) is 0.659. The molecule has 5 nitrogen and oxygen atoms in total. The van der Waals surface area contributed by atoms with Crippen LogP contribution in [0.25, 0.3) is 0 Å². The second kappa shape index (κ2) is 21.0. The topological polar surface area (TPSA) is 49.9 Å². The second-order valence-corrected chi connectivity index (χ2v) is 16.1. The molecule has 0 radical (unpaired) electrons. The van der Waals surface area contributed by atoms with Gasteiger partial charge in [0.15, 0.2) is 0 Å². The van der Waals surface area contributed by atoms with E-state index in [9.17, 15) is 17.2 Å². The zero-order valence-electron chi connectivity index (χ0n) is 30.6. The molecule has 0 bridgehead atoms. The van der Waals surface area contributed by atoms with E-state index < -0.39 is 16.4 Å². The van der Waals surface area contributed by atoms with E-state index in [0.717, 1.165) is 108 Å². The van der Waals surface area contributed by atoms with Crippen molar-refractivity contribution in [3.8, 4) is 5.75 Å². The average molecular weight is 719 g/mol. The van der Waals surface area contributed by atoms with Crippen molar-refractivity contribution in [2.75, 3.05) is 30.5 Å². The number of halogens is 3. The molecule has 0 saturated carbocycles. The molecule has 50 heavy (non-hydrogen) atoms. The van der Waals surface area contributed by atoms with Gasteiger partial charge in [-0.1, -0.05) is 96.1 Å². The number of alkyl halides is 2. The van der Waals surface area contributed by atoms with Crippen LogP contribution in [0.2, 0.25) is 0 Å². The van der Waals surface area contributed by atoms with Crippen LogP contribution in [0.3, 0.4) is 0 Å². The zero-order chi connectivity index (χ0) is 35.8. The van der Waals surface area contributed by atoms with Crippen LogP contribution in [0.4, 0.5) is 18.9 Å². The molecule has 9 heteroatoms. The van der Waals surface area contributed by atoms with Gasteiger partial charge in [0.1, 0.15) is 11.6 Å². The first-order valence-corrected chi connectivity index (χ1v) is 20.9. The predicted molar refractivity (Wildman–Crippen MR) is 199 cm³/mol. The Labute approximate surface area is 300 Å². The lowest BCUT2D eigenvalue weighted by atomic mass is 9.93. The third kappa shape index (κ3) is 11.9. The minimum atomic E-state index is -4.01. The number of nitrogens with zero attached hydrogens (tertiary/aromatic N) is 2. The molecule has 1 saturated heterocycles. The Hall–Kier alpha value is -2.68. The molecule has 2 aromatic carbocycles. The van der Waals surface area contributed by atoms with Crippen LogP contribution in [-0.2, 0) is 10.0 Å². The van der Waals surface area contributed by atoms with Gasteiger partial charge in [-0.2, -0.15) is 0 Å². The summed E-state index contributed by atoms with van der Waals surface area (Å²) in [5.74, 6) is 0.148. The summed E-state index contributed by atoms with van der Waals surface area (Å²) in [6.07, 6.45) is 18.0. The van der Waals surface area contributed by atoms with Crippen LogP contribution in [-0.4, -0.2) is 46.0 Å². The fourth-order valence-corrected chi connectivity index (χ4v) is 9.00. The molecular weight excluding hydrogens is 658 g/mol. The Bertz CT molecular complexity index is 1450. The standard InChI is InChI=1S/C41H61F3N2O3S/c1-3-4-5-6-7-10-13-17-28-46(40-31-34(23-22-33(40)2)49-30-19-14-11-8-9-12-15-21-41(43)44)50(47,48)35-24-25-38(42)37(32-35)36-26-29-45-27-18-16-20-39(36)45/h20,22-25,31-32,36,41H,3-19,21,26-30H2,1-2H3. The monoisotopic (exact) mass is 718 g/mol. The first kappa shape index (κ1) is 40.1. The smallest absolute Gasteiger partial charge is 0.264 e. The van der Waals surface area contributed by atoms with Crippen molar-refractivity contribution in [3.63, 3.8) is 0 Å². The van der Waals surface area contributed by atoms with Crippen LogP contribution in [0.15, 0.2) is 53.1 Å².